The van der Waals surface area contributed by atoms with Crippen LogP contribution in [0.3, 0.4) is 0 Å². The van der Waals surface area contributed by atoms with Crippen LogP contribution in [0.4, 0.5) is 0 Å². The zero-order chi connectivity index (χ0) is 10.7. The van der Waals surface area contributed by atoms with Gasteiger partial charge in [0.1, 0.15) is 0 Å². The standard InChI is InChI=1S/C13H18ClN/c1-10-3-2-4-11(7-10)8-15-9-13(14)12-5-6-12/h2-4,7,12-13,15H,5-6,8-9H2,1H3. The third-order valence-corrected chi connectivity index (χ3v) is 3.40. The molecule has 0 amide bonds. The van der Waals surface area contributed by atoms with Crippen molar-refractivity contribution < 1.29 is 0 Å². The van der Waals surface area contributed by atoms with Crippen molar-refractivity contribution in [3.05, 3.63) is 35.4 Å². The summed E-state index contributed by atoms with van der Waals surface area (Å²) in [6, 6.07) is 8.59. The molecule has 1 aliphatic carbocycles. The number of rotatable bonds is 5. The fourth-order valence-electron chi connectivity index (χ4n) is 1.80. The first-order chi connectivity index (χ1) is 7.25. The highest BCUT2D eigenvalue weighted by atomic mass is 35.5. The first kappa shape index (κ1) is 11.0. The molecule has 1 nitrogen and oxygen atoms in total. The SMILES string of the molecule is Cc1cccc(CNCC(Cl)C2CC2)c1. The molecule has 1 saturated carbocycles. The summed E-state index contributed by atoms with van der Waals surface area (Å²) in [6.45, 7) is 3.98. The monoisotopic (exact) mass is 223 g/mol. The molecule has 1 aliphatic rings. The van der Waals surface area contributed by atoms with Crippen molar-refractivity contribution in [1.29, 1.82) is 0 Å². The van der Waals surface area contributed by atoms with E-state index in [-0.39, 0.29) is 0 Å². The first-order valence-corrected chi connectivity index (χ1v) is 6.09. The van der Waals surface area contributed by atoms with Crippen LogP contribution in [0.1, 0.15) is 24.0 Å². The number of benzene rings is 1. The Labute approximate surface area is 96.8 Å². The predicted molar refractivity (Wildman–Crippen MR) is 65.3 cm³/mol. The normalized spacial score (nSPS) is 17.7. The minimum absolute atomic E-state index is 0.329. The first-order valence-electron chi connectivity index (χ1n) is 5.66. The molecule has 0 aromatic heterocycles. The van der Waals surface area contributed by atoms with Gasteiger partial charge < -0.3 is 5.32 Å². The van der Waals surface area contributed by atoms with E-state index in [2.05, 4.69) is 36.5 Å². The minimum Gasteiger partial charge on any atom is -0.311 e. The smallest absolute Gasteiger partial charge is 0.0488 e. The highest BCUT2D eigenvalue weighted by molar-refractivity contribution is 6.21. The molecule has 1 aromatic rings. The predicted octanol–water partition coefficient (Wildman–Crippen LogP) is 3.10. The Morgan fingerprint density at radius 2 is 2.27 bits per heavy atom. The summed E-state index contributed by atoms with van der Waals surface area (Å²) < 4.78 is 0. The van der Waals surface area contributed by atoms with Crippen LogP contribution in [0.2, 0.25) is 0 Å². The maximum Gasteiger partial charge on any atom is 0.0488 e. The molecule has 82 valence electrons. The Hall–Kier alpha value is -0.530. The molecule has 0 aliphatic heterocycles. The van der Waals surface area contributed by atoms with Crippen molar-refractivity contribution >= 4 is 11.6 Å². The molecule has 2 heteroatoms. The number of hydrogen-bond acceptors (Lipinski definition) is 1. The summed E-state index contributed by atoms with van der Waals surface area (Å²) in [7, 11) is 0. The van der Waals surface area contributed by atoms with Crippen LogP contribution in [0.15, 0.2) is 24.3 Å². The van der Waals surface area contributed by atoms with Crippen LogP contribution >= 0.6 is 11.6 Å². The van der Waals surface area contributed by atoms with Crippen LogP contribution in [-0.4, -0.2) is 11.9 Å². The molecule has 0 radical (unpaired) electrons. The quantitative estimate of drug-likeness (QED) is 0.757. The highest BCUT2D eigenvalue weighted by Gasteiger charge is 2.28. The number of aryl methyl sites for hydroxylation is 1. The average molecular weight is 224 g/mol. The van der Waals surface area contributed by atoms with E-state index in [0.29, 0.717) is 5.38 Å². The van der Waals surface area contributed by atoms with Crippen molar-refractivity contribution in [3.8, 4) is 0 Å². The fraction of sp³-hybridized carbons (Fsp3) is 0.538. The lowest BCUT2D eigenvalue weighted by Crippen LogP contribution is -2.24. The number of hydrogen-bond donors (Lipinski definition) is 1. The second-order valence-corrected chi connectivity index (χ2v) is 5.03. The molecule has 0 spiro atoms. The van der Waals surface area contributed by atoms with Crippen molar-refractivity contribution in [2.75, 3.05) is 6.54 Å². The molecule has 0 bridgehead atoms. The number of nitrogens with one attached hydrogen (secondary N) is 1. The average Bonchev–Trinajstić information content (AvgIpc) is 3.00. The Balaban J connectivity index is 1.73. The Bertz CT molecular complexity index is 320. The van der Waals surface area contributed by atoms with Crippen molar-refractivity contribution in [3.63, 3.8) is 0 Å². The van der Waals surface area contributed by atoms with E-state index >= 15 is 0 Å². The van der Waals surface area contributed by atoms with Gasteiger partial charge in [-0.2, -0.15) is 0 Å². The Kier molecular flexibility index (Phi) is 3.66. The Morgan fingerprint density at radius 1 is 1.47 bits per heavy atom. The largest absolute Gasteiger partial charge is 0.311 e. The lowest BCUT2D eigenvalue weighted by atomic mass is 10.1. The van der Waals surface area contributed by atoms with Crippen LogP contribution < -0.4 is 5.32 Å². The molecule has 1 unspecified atom stereocenters. The maximum absolute atomic E-state index is 6.21. The maximum atomic E-state index is 6.21. The van der Waals surface area contributed by atoms with Crippen molar-refractivity contribution in [2.45, 2.75) is 31.7 Å². The van der Waals surface area contributed by atoms with Gasteiger partial charge in [0.2, 0.25) is 0 Å². The fourth-order valence-corrected chi connectivity index (χ4v) is 2.16. The highest BCUT2D eigenvalue weighted by Crippen LogP contribution is 2.35. The van der Waals surface area contributed by atoms with E-state index in [1.54, 1.807) is 0 Å². The van der Waals surface area contributed by atoms with Crippen molar-refractivity contribution in [1.82, 2.24) is 5.32 Å². The van der Waals surface area contributed by atoms with Crippen LogP contribution in [0.25, 0.3) is 0 Å². The lowest BCUT2D eigenvalue weighted by molar-refractivity contribution is 0.620. The van der Waals surface area contributed by atoms with Gasteiger partial charge in [-0.1, -0.05) is 29.8 Å². The molecule has 1 N–H and O–H groups in total. The van der Waals surface area contributed by atoms with Gasteiger partial charge in [-0.25, -0.2) is 0 Å². The number of alkyl halides is 1. The van der Waals surface area contributed by atoms with Gasteiger partial charge in [0, 0.05) is 18.5 Å². The van der Waals surface area contributed by atoms with Gasteiger partial charge in [0.05, 0.1) is 0 Å². The van der Waals surface area contributed by atoms with E-state index in [9.17, 15) is 0 Å². The van der Waals surface area contributed by atoms with Gasteiger partial charge in [-0.15, -0.1) is 11.6 Å². The molecule has 2 rings (SSSR count). The van der Waals surface area contributed by atoms with Crippen LogP contribution in [-0.2, 0) is 6.54 Å². The molecule has 0 saturated heterocycles. The van der Waals surface area contributed by atoms with Gasteiger partial charge >= 0.3 is 0 Å². The summed E-state index contributed by atoms with van der Waals surface area (Å²) >= 11 is 6.21. The molecule has 15 heavy (non-hydrogen) atoms. The second kappa shape index (κ2) is 5.00. The summed E-state index contributed by atoms with van der Waals surface area (Å²) in [6.07, 6.45) is 2.64. The molecule has 1 fully saturated rings. The lowest BCUT2D eigenvalue weighted by Gasteiger charge is -2.09. The van der Waals surface area contributed by atoms with Crippen LogP contribution in [0.5, 0.6) is 0 Å². The summed E-state index contributed by atoms with van der Waals surface area (Å²) in [5.74, 6) is 0.775. The van der Waals surface area contributed by atoms with Gasteiger partial charge in [-0.05, 0) is 31.2 Å². The second-order valence-electron chi connectivity index (χ2n) is 4.47. The zero-order valence-electron chi connectivity index (χ0n) is 9.17. The van der Waals surface area contributed by atoms with E-state index in [0.717, 1.165) is 19.0 Å². The summed E-state index contributed by atoms with van der Waals surface area (Å²) in [5, 5.41) is 3.75. The molecular formula is C13H18ClN. The molecule has 1 aromatic carbocycles. The van der Waals surface area contributed by atoms with Gasteiger partial charge in [0.15, 0.2) is 0 Å². The van der Waals surface area contributed by atoms with Gasteiger partial charge in [-0.3, -0.25) is 0 Å². The molecule has 1 atom stereocenters. The molecule has 0 heterocycles. The minimum atomic E-state index is 0.329. The van der Waals surface area contributed by atoms with Crippen molar-refractivity contribution in [2.24, 2.45) is 5.92 Å². The third-order valence-electron chi connectivity index (χ3n) is 2.88. The topological polar surface area (TPSA) is 12.0 Å². The third kappa shape index (κ3) is 3.51. The van der Waals surface area contributed by atoms with Gasteiger partial charge in [0.25, 0.3) is 0 Å². The van der Waals surface area contributed by atoms with E-state index < -0.39 is 0 Å². The summed E-state index contributed by atoms with van der Waals surface area (Å²) in [5.41, 5.74) is 2.66. The summed E-state index contributed by atoms with van der Waals surface area (Å²) in [4.78, 5) is 0. The van der Waals surface area contributed by atoms with E-state index in [4.69, 9.17) is 11.6 Å². The van der Waals surface area contributed by atoms with Crippen LogP contribution in [0, 0.1) is 12.8 Å². The Morgan fingerprint density at radius 3 is 2.93 bits per heavy atom. The zero-order valence-corrected chi connectivity index (χ0v) is 9.93. The molecular weight excluding hydrogens is 206 g/mol. The van der Waals surface area contributed by atoms with E-state index in [1.165, 1.54) is 24.0 Å². The van der Waals surface area contributed by atoms with E-state index in [1.807, 2.05) is 0 Å². The number of halogens is 1.